The standard InChI is InChI=1S/C20H27F3N2O2/c1-13-6-3-9-17(14(13)2)25-19(27)11-5-10-18(26)24-16-8-4-7-15(12-16)20(21,22)23/h4,7-8,12-14,17H,3,5-6,9-11H2,1-2H3,(H,24,26)(H,25,27)/t13-,14-,17+/m1/s1. The van der Waals surface area contributed by atoms with E-state index in [0.717, 1.165) is 25.0 Å². The number of nitrogens with one attached hydrogen (secondary N) is 2. The van der Waals surface area contributed by atoms with E-state index < -0.39 is 17.6 Å². The molecular weight excluding hydrogens is 357 g/mol. The zero-order valence-electron chi connectivity index (χ0n) is 15.7. The van der Waals surface area contributed by atoms with Crippen molar-refractivity contribution in [2.75, 3.05) is 5.32 Å². The molecule has 1 aromatic carbocycles. The maximum absolute atomic E-state index is 12.7. The lowest BCUT2D eigenvalue weighted by Crippen LogP contribution is -2.43. The van der Waals surface area contributed by atoms with Crippen molar-refractivity contribution in [3.05, 3.63) is 29.8 Å². The molecule has 3 atom stereocenters. The highest BCUT2D eigenvalue weighted by atomic mass is 19.4. The second-order valence-corrected chi connectivity index (χ2v) is 7.42. The SMILES string of the molecule is C[C@@H]1[C@H](C)CCC[C@@H]1NC(=O)CCCC(=O)Nc1cccc(C(F)(F)F)c1. The van der Waals surface area contributed by atoms with Gasteiger partial charge in [-0.2, -0.15) is 13.2 Å². The molecule has 2 rings (SSSR count). The average Bonchev–Trinajstić information content (AvgIpc) is 2.58. The van der Waals surface area contributed by atoms with Gasteiger partial charge in [0.1, 0.15) is 0 Å². The lowest BCUT2D eigenvalue weighted by Gasteiger charge is -2.34. The minimum atomic E-state index is -4.45. The Hall–Kier alpha value is -2.05. The molecule has 0 heterocycles. The van der Waals surface area contributed by atoms with E-state index in [1.165, 1.54) is 18.6 Å². The molecule has 4 nitrogen and oxygen atoms in total. The Bertz CT molecular complexity index is 661. The first-order chi connectivity index (χ1) is 12.7. The molecular formula is C20H27F3N2O2. The third-order valence-corrected chi connectivity index (χ3v) is 5.33. The van der Waals surface area contributed by atoms with Crippen LogP contribution in [0.3, 0.4) is 0 Å². The Balaban J connectivity index is 1.74. The van der Waals surface area contributed by atoms with Crippen LogP contribution in [-0.2, 0) is 15.8 Å². The van der Waals surface area contributed by atoms with Crippen molar-refractivity contribution in [1.82, 2.24) is 5.32 Å². The van der Waals surface area contributed by atoms with Crippen LogP contribution in [0.5, 0.6) is 0 Å². The number of benzene rings is 1. The number of amides is 2. The Morgan fingerprint density at radius 1 is 1.11 bits per heavy atom. The molecule has 0 aromatic heterocycles. The minimum Gasteiger partial charge on any atom is -0.353 e. The van der Waals surface area contributed by atoms with E-state index in [-0.39, 0.29) is 30.5 Å². The summed E-state index contributed by atoms with van der Waals surface area (Å²) in [5.74, 6) is 0.545. The van der Waals surface area contributed by atoms with Crippen molar-refractivity contribution in [3.8, 4) is 0 Å². The van der Waals surface area contributed by atoms with Crippen molar-refractivity contribution in [2.24, 2.45) is 11.8 Å². The molecule has 1 aliphatic rings. The van der Waals surface area contributed by atoms with Crippen LogP contribution < -0.4 is 10.6 Å². The lowest BCUT2D eigenvalue weighted by molar-refractivity contribution is -0.137. The lowest BCUT2D eigenvalue weighted by atomic mass is 9.78. The highest BCUT2D eigenvalue weighted by molar-refractivity contribution is 5.91. The van der Waals surface area contributed by atoms with Crippen LogP contribution in [0.4, 0.5) is 18.9 Å². The molecule has 0 saturated heterocycles. The van der Waals surface area contributed by atoms with Gasteiger partial charge in [-0.3, -0.25) is 9.59 Å². The van der Waals surface area contributed by atoms with Gasteiger partial charge in [0.25, 0.3) is 0 Å². The first kappa shape index (κ1) is 21.3. The number of rotatable bonds is 6. The van der Waals surface area contributed by atoms with Gasteiger partial charge in [-0.25, -0.2) is 0 Å². The topological polar surface area (TPSA) is 58.2 Å². The van der Waals surface area contributed by atoms with Gasteiger partial charge < -0.3 is 10.6 Å². The summed E-state index contributed by atoms with van der Waals surface area (Å²) in [6.07, 6.45) is -0.514. The second kappa shape index (κ2) is 9.24. The third kappa shape index (κ3) is 6.56. The quantitative estimate of drug-likeness (QED) is 0.743. The summed E-state index contributed by atoms with van der Waals surface area (Å²) in [4.78, 5) is 24.0. The normalized spacial score (nSPS) is 22.9. The zero-order chi connectivity index (χ0) is 20.0. The largest absolute Gasteiger partial charge is 0.416 e. The highest BCUT2D eigenvalue weighted by Gasteiger charge is 2.30. The molecule has 7 heteroatoms. The van der Waals surface area contributed by atoms with Crippen LogP contribution in [0.15, 0.2) is 24.3 Å². The zero-order valence-corrected chi connectivity index (χ0v) is 15.7. The molecule has 0 radical (unpaired) electrons. The van der Waals surface area contributed by atoms with E-state index >= 15 is 0 Å². The van der Waals surface area contributed by atoms with Gasteiger partial charge in [0.15, 0.2) is 0 Å². The fraction of sp³-hybridized carbons (Fsp3) is 0.600. The maximum Gasteiger partial charge on any atom is 0.416 e. The van der Waals surface area contributed by atoms with Gasteiger partial charge in [0.05, 0.1) is 5.56 Å². The Morgan fingerprint density at radius 2 is 1.81 bits per heavy atom. The van der Waals surface area contributed by atoms with Crippen molar-refractivity contribution < 1.29 is 22.8 Å². The van der Waals surface area contributed by atoms with Crippen molar-refractivity contribution in [1.29, 1.82) is 0 Å². The minimum absolute atomic E-state index is 0.0761. The first-order valence-corrected chi connectivity index (χ1v) is 9.43. The summed E-state index contributed by atoms with van der Waals surface area (Å²) in [5, 5.41) is 5.50. The first-order valence-electron chi connectivity index (χ1n) is 9.43. The van der Waals surface area contributed by atoms with Crippen molar-refractivity contribution in [3.63, 3.8) is 0 Å². The summed E-state index contributed by atoms with van der Waals surface area (Å²) in [6, 6.07) is 4.69. The molecule has 0 bridgehead atoms. The molecule has 150 valence electrons. The molecule has 1 aromatic rings. The summed E-state index contributed by atoms with van der Waals surface area (Å²) in [5.41, 5.74) is -0.709. The molecule has 1 fully saturated rings. The van der Waals surface area contributed by atoms with E-state index in [9.17, 15) is 22.8 Å². The van der Waals surface area contributed by atoms with Crippen LogP contribution >= 0.6 is 0 Å². The van der Waals surface area contributed by atoms with Gasteiger partial charge in [-0.15, -0.1) is 0 Å². The van der Waals surface area contributed by atoms with Gasteiger partial charge in [-0.05, 0) is 42.9 Å². The predicted molar refractivity (Wildman–Crippen MR) is 98.0 cm³/mol. The van der Waals surface area contributed by atoms with Gasteiger partial charge in [0.2, 0.25) is 11.8 Å². The van der Waals surface area contributed by atoms with Crippen molar-refractivity contribution in [2.45, 2.75) is 64.6 Å². The molecule has 0 unspecified atom stereocenters. The van der Waals surface area contributed by atoms with Gasteiger partial charge in [0, 0.05) is 24.6 Å². The van der Waals surface area contributed by atoms with Crippen LogP contribution in [-0.4, -0.2) is 17.9 Å². The Kier molecular flexibility index (Phi) is 7.27. The number of halogens is 3. The van der Waals surface area contributed by atoms with Crippen LogP contribution in [0.2, 0.25) is 0 Å². The summed E-state index contributed by atoms with van der Waals surface area (Å²) >= 11 is 0. The maximum atomic E-state index is 12.7. The highest BCUT2D eigenvalue weighted by Crippen LogP contribution is 2.31. The Morgan fingerprint density at radius 3 is 2.52 bits per heavy atom. The van der Waals surface area contributed by atoms with E-state index in [1.807, 2.05) is 0 Å². The van der Waals surface area contributed by atoms with Gasteiger partial charge in [-0.1, -0.05) is 32.8 Å². The monoisotopic (exact) mass is 384 g/mol. The van der Waals surface area contributed by atoms with E-state index in [1.54, 1.807) is 0 Å². The summed E-state index contributed by atoms with van der Waals surface area (Å²) in [6.45, 7) is 4.35. The molecule has 2 N–H and O–H groups in total. The molecule has 0 aliphatic heterocycles. The number of carbonyl (C=O) groups is 2. The van der Waals surface area contributed by atoms with E-state index in [0.29, 0.717) is 18.3 Å². The average molecular weight is 384 g/mol. The molecule has 2 amide bonds. The fourth-order valence-electron chi connectivity index (χ4n) is 3.47. The van der Waals surface area contributed by atoms with Gasteiger partial charge >= 0.3 is 6.18 Å². The van der Waals surface area contributed by atoms with Crippen LogP contribution in [0.25, 0.3) is 0 Å². The smallest absolute Gasteiger partial charge is 0.353 e. The summed E-state index contributed by atoms with van der Waals surface area (Å²) < 4.78 is 38.1. The number of hydrogen-bond acceptors (Lipinski definition) is 2. The van der Waals surface area contributed by atoms with E-state index in [4.69, 9.17) is 0 Å². The van der Waals surface area contributed by atoms with Crippen LogP contribution in [0, 0.1) is 11.8 Å². The number of hydrogen-bond donors (Lipinski definition) is 2. The fourth-order valence-corrected chi connectivity index (χ4v) is 3.47. The number of alkyl halides is 3. The predicted octanol–water partition coefficient (Wildman–Crippen LogP) is 4.76. The second-order valence-electron chi connectivity index (χ2n) is 7.42. The van der Waals surface area contributed by atoms with Crippen molar-refractivity contribution >= 4 is 17.5 Å². The molecule has 27 heavy (non-hydrogen) atoms. The molecule has 0 spiro atoms. The number of anilines is 1. The molecule has 1 aliphatic carbocycles. The molecule has 1 saturated carbocycles. The Labute approximate surface area is 157 Å². The summed E-state index contributed by atoms with van der Waals surface area (Å²) in [7, 11) is 0. The van der Waals surface area contributed by atoms with E-state index in [2.05, 4.69) is 24.5 Å². The number of carbonyl (C=O) groups excluding carboxylic acids is 2. The third-order valence-electron chi connectivity index (χ3n) is 5.33. The van der Waals surface area contributed by atoms with Crippen LogP contribution in [0.1, 0.15) is 57.9 Å².